The third kappa shape index (κ3) is 2.24. The second-order valence-electron chi connectivity index (χ2n) is 3.77. The van der Waals surface area contributed by atoms with Crippen molar-refractivity contribution < 1.29 is 0 Å². The predicted molar refractivity (Wildman–Crippen MR) is 67.0 cm³/mol. The van der Waals surface area contributed by atoms with Crippen LogP contribution in [0, 0.1) is 13.8 Å². The van der Waals surface area contributed by atoms with Crippen LogP contribution in [-0.4, -0.2) is 21.3 Å². The largest absolute Gasteiger partial charge is 0.382 e. The fourth-order valence-corrected chi connectivity index (χ4v) is 2.32. The molecule has 0 bridgehead atoms. The molecule has 0 radical (unpaired) electrons. The van der Waals surface area contributed by atoms with E-state index < -0.39 is 0 Å². The van der Waals surface area contributed by atoms with Gasteiger partial charge >= 0.3 is 0 Å². The second-order valence-corrected chi connectivity index (χ2v) is 4.75. The molecule has 4 nitrogen and oxygen atoms in total. The minimum Gasteiger partial charge on any atom is -0.382 e. The number of anilines is 1. The van der Waals surface area contributed by atoms with Crippen LogP contribution in [0.25, 0.3) is 0 Å². The number of rotatable bonds is 4. The zero-order chi connectivity index (χ0) is 11.5. The molecule has 0 saturated carbocycles. The summed E-state index contributed by atoms with van der Waals surface area (Å²) in [6, 6.07) is 0. The van der Waals surface area contributed by atoms with Crippen LogP contribution in [0.4, 0.5) is 5.69 Å². The van der Waals surface area contributed by atoms with Crippen LogP contribution in [0.15, 0.2) is 11.6 Å². The zero-order valence-electron chi connectivity index (χ0n) is 9.82. The lowest BCUT2D eigenvalue weighted by Gasteiger charge is -2.05. The molecule has 0 spiro atoms. The Labute approximate surface area is 99.3 Å². The average molecular weight is 236 g/mol. The molecule has 0 aliphatic rings. The van der Waals surface area contributed by atoms with Crippen molar-refractivity contribution in [2.24, 2.45) is 7.05 Å². The van der Waals surface area contributed by atoms with Crippen LogP contribution >= 0.6 is 11.3 Å². The van der Waals surface area contributed by atoms with Gasteiger partial charge in [0.1, 0.15) is 0 Å². The standard InChI is InChI=1S/C11H16N4S/c1-8-11(9(2)15(3)14-8)13-5-4-10-12-6-7-16-10/h6-7,13H,4-5H2,1-3H3. The quantitative estimate of drug-likeness (QED) is 0.884. The summed E-state index contributed by atoms with van der Waals surface area (Å²) in [5, 5.41) is 11.0. The van der Waals surface area contributed by atoms with E-state index in [1.54, 1.807) is 11.3 Å². The predicted octanol–water partition coefficient (Wildman–Crippen LogP) is 2.15. The monoisotopic (exact) mass is 236 g/mol. The third-order valence-electron chi connectivity index (χ3n) is 2.63. The van der Waals surface area contributed by atoms with E-state index in [4.69, 9.17) is 0 Å². The van der Waals surface area contributed by atoms with E-state index in [0.717, 1.165) is 24.3 Å². The van der Waals surface area contributed by atoms with Crippen molar-refractivity contribution in [2.75, 3.05) is 11.9 Å². The van der Waals surface area contributed by atoms with Crippen molar-refractivity contribution in [1.82, 2.24) is 14.8 Å². The molecule has 2 aromatic heterocycles. The Morgan fingerprint density at radius 3 is 2.81 bits per heavy atom. The molecule has 16 heavy (non-hydrogen) atoms. The Balaban J connectivity index is 1.95. The molecule has 0 saturated heterocycles. The molecule has 5 heteroatoms. The highest BCUT2D eigenvalue weighted by Gasteiger charge is 2.08. The molecule has 1 N–H and O–H groups in total. The Morgan fingerprint density at radius 1 is 1.44 bits per heavy atom. The number of nitrogens with zero attached hydrogens (tertiary/aromatic N) is 3. The van der Waals surface area contributed by atoms with E-state index >= 15 is 0 Å². The first kappa shape index (κ1) is 11.1. The van der Waals surface area contributed by atoms with Gasteiger partial charge in [-0.2, -0.15) is 5.10 Å². The van der Waals surface area contributed by atoms with Gasteiger partial charge in [0, 0.05) is 31.6 Å². The molecule has 86 valence electrons. The first-order chi connectivity index (χ1) is 7.68. The van der Waals surface area contributed by atoms with Gasteiger partial charge in [0.25, 0.3) is 0 Å². The highest BCUT2D eigenvalue weighted by Crippen LogP contribution is 2.18. The summed E-state index contributed by atoms with van der Waals surface area (Å²) in [7, 11) is 1.97. The normalized spacial score (nSPS) is 10.7. The molecule has 2 aromatic rings. The number of thiazole rings is 1. The fourth-order valence-electron chi connectivity index (χ4n) is 1.70. The van der Waals surface area contributed by atoms with Crippen LogP contribution in [0.5, 0.6) is 0 Å². The lowest BCUT2D eigenvalue weighted by Crippen LogP contribution is -2.06. The van der Waals surface area contributed by atoms with Crippen LogP contribution in [-0.2, 0) is 13.5 Å². The van der Waals surface area contributed by atoms with Gasteiger partial charge in [-0.25, -0.2) is 4.98 Å². The lowest BCUT2D eigenvalue weighted by molar-refractivity contribution is 0.731. The second kappa shape index (κ2) is 4.65. The van der Waals surface area contributed by atoms with Gasteiger partial charge in [-0.1, -0.05) is 0 Å². The molecule has 0 atom stereocenters. The average Bonchev–Trinajstić information content (AvgIpc) is 2.82. The fraction of sp³-hybridized carbons (Fsp3) is 0.455. The molecular formula is C11H16N4S. The molecular weight excluding hydrogens is 220 g/mol. The van der Waals surface area contributed by atoms with Gasteiger partial charge in [-0.3, -0.25) is 4.68 Å². The molecule has 0 aliphatic heterocycles. The number of nitrogens with one attached hydrogen (secondary N) is 1. The van der Waals surface area contributed by atoms with E-state index in [1.165, 1.54) is 10.7 Å². The summed E-state index contributed by atoms with van der Waals surface area (Å²) >= 11 is 1.70. The van der Waals surface area contributed by atoms with E-state index in [9.17, 15) is 0 Å². The molecule has 0 aliphatic carbocycles. The smallest absolute Gasteiger partial charge is 0.0942 e. The van der Waals surface area contributed by atoms with Crippen molar-refractivity contribution in [3.8, 4) is 0 Å². The molecule has 0 amide bonds. The van der Waals surface area contributed by atoms with Gasteiger partial charge in [0.05, 0.1) is 22.1 Å². The van der Waals surface area contributed by atoms with Gasteiger partial charge in [0.2, 0.25) is 0 Å². The Kier molecular flexibility index (Phi) is 3.24. The Hall–Kier alpha value is -1.36. The summed E-state index contributed by atoms with van der Waals surface area (Å²) in [6.45, 7) is 5.01. The van der Waals surface area contributed by atoms with Gasteiger partial charge in [-0.05, 0) is 13.8 Å². The van der Waals surface area contributed by atoms with Crippen molar-refractivity contribution in [3.05, 3.63) is 28.0 Å². The van der Waals surface area contributed by atoms with Gasteiger partial charge in [0.15, 0.2) is 0 Å². The number of hydrogen-bond donors (Lipinski definition) is 1. The number of aromatic nitrogens is 3. The van der Waals surface area contributed by atoms with Gasteiger partial charge in [-0.15, -0.1) is 11.3 Å². The highest BCUT2D eigenvalue weighted by atomic mass is 32.1. The first-order valence-electron chi connectivity index (χ1n) is 5.31. The lowest BCUT2D eigenvalue weighted by atomic mass is 10.3. The zero-order valence-corrected chi connectivity index (χ0v) is 10.6. The van der Waals surface area contributed by atoms with Gasteiger partial charge < -0.3 is 5.32 Å². The summed E-state index contributed by atoms with van der Waals surface area (Å²) < 4.78 is 1.90. The van der Waals surface area contributed by atoms with E-state index in [1.807, 2.05) is 30.2 Å². The maximum atomic E-state index is 4.37. The number of aryl methyl sites for hydroxylation is 2. The van der Waals surface area contributed by atoms with Crippen molar-refractivity contribution in [3.63, 3.8) is 0 Å². The molecule has 0 unspecified atom stereocenters. The summed E-state index contributed by atoms with van der Waals surface area (Å²) in [4.78, 5) is 4.26. The molecule has 2 heterocycles. The van der Waals surface area contributed by atoms with Crippen LogP contribution in [0.1, 0.15) is 16.4 Å². The van der Waals surface area contributed by atoms with Crippen LogP contribution in [0.3, 0.4) is 0 Å². The van der Waals surface area contributed by atoms with Crippen molar-refractivity contribution in [1.29, 1.82) is 0 Å². The number of hydrogen-bond acceptors (Lipinski definition) is 4. The van der Waals surface area contributed by atoms with Crippen molar-refractivity contribution >= 4 is 17.0 Å². The van der Waals surface area contributed by atoms with Crippen LogP contribution in [0.2, 0.25) is 0 Å². The summed E-state index contributed by atoms with van der Waals surface area (Å²) in [5.74, 6) is 0. The van der Waals surface area contributed by atoms with Crippen LogP contribution < -0.4 is 5.32 Å². The minimum absolute atomic E-state index is 0.904. The highest BCUT2D eigenvalue weighted by molar-refractivity contribution is 7.09. The maximum absolute atomic E-state index is 4.37. The molecule has 0 aromatic carbocycles. The van der Waals surface area contributed by atoms with E-state index in [2.05, 4.69) is 22.3 Å². The minimum atomic E-state index is 0.904. The van der Waals surface area contributed by atoms with E-state index in [0.29, 0.717) is 0 Å². The SMILES string of the molecule is Cc1nn(C)c(C)c1NCCc1nccs1. The first-order valence-corrected chi connectivity index (χ1v) is 6.19. The molecule has 0 fully saturated rings. The Morgan fingerprint density at radius 2 is 2.25 bits per heavy atom. The topological polar surface area (TPSA) is 42.7 Å². The van der Waals surface area contributed by atoms with Crippen molar-refractivity contribution in [2.45, 2.75) is 20.3 Å². The third-order valence-corrected chi connectivity index (χ3v) is 3.47. The molecule has 2 rings (SSSR count). The Bertz CT molecular complexity index is 459. The maximum Gasteiger partial charge on any atom is 0.0942 e. The summed E-state index contributed by atoms with van der Waals surface area (Å²) in [6.07, 6.45) is 2.81. The summed E-state index contributed by atoms with van der Waals surface area (Å²) in [5.41, 5.74) is 3.38. The van der Waals surface area contributed by atoms with E-state index in [-0.39, 0.29) is 0 Å².